The molecule has 0 aliphatic heterocycles. The van der Waals surface area contributed by atoms with Gasteiger partial charge in [-0.3, -0.25) is 24.0 Å². The first-order valence-corrected chi connectivity index (χ1v) is 16.1. The van der Waals surface area contributed by atoms with Crippen LogP contribution in [0.15, 0.2) is 0 Å². The Kier molecular flexibility index (Phi) is 16.7. The molecule has 0 heterocycles. The van der Waals surface area contributed by atoms with E-state index in [0.717, 1.165) is 6.42 Å². The van der Waals surface area contributed by atoms with Gasteiger partial charge in [-0.1, -0.05) is 27.2 Å². The Labute approximate surface area is 279 Å². The van der Waals surface area contributed by atoms with E-state index >= 15 is 0 Å². The number of unbranched alkanes of at least 4 members (excludes halogenated alkanes) is 1. The quantitative estimate of drug-likeness (QED) is 0.0961. The third-order valence-corrected chi connectivity index (χ3v) is 9.09. The van der Waals surface area contributed by atoms with Gasteiger partial charge in [0.15, 0.2) is 11.6 Å². The van der Waals surface area contributed by atoms with Crippen molar-refractivity contribution in [2.75, 3.05) is 17.2 Å². The lowest BCUT2D eigenvalue weighted by molar-refractivity contribution is -0.143. The second kappa shape index (κ2) is 18.0. The molecular weight excluding hydrogens is 879 g/mol. The Bertz CT molecular complexity index is 1150. The van der Waals surface area contributed by atoms with Crippen LogP contribution < -0.4 is 16.0 Å². The molecule has 0 fully saturated rings. The minimum atomic E-state index is -2.12. The highest BCUT2D eigenvalue weighted by Crippen LogP contribution is 2.39. The van der Waals surface area contributed by atoms with Gasteiger partial charge in [-0.15, -0.1) is 0 Å². The summed E-state index contributed by atoms with van der Waals surface area (Å²) in [6.45, 7) is 5.97. The number of aliphatic hydroxyl groups excluding tert-OH is 4. The minimum absolute atomic E-state index is 0.0932. The standard InChI is InChI=1S/C26H36I3N3O9/c1-5-6-7-17(38)32-23-20(28)18(19(27)22(21(23)29)30-12(4)34)26(41)31-13(8-11(2)3)14(35)9-15(36)24(39)25(40)16(37)10-33/h11,13,16,24-25,33,37,39-40H,5-10H2,1-4H3,(H,30,34)(H,31,41)(H,32,38)/t13-,16?,24+,25+/m0/s1. The lowest BCUT2D eigenvalue weighted by atomic mass is 9.94. The summed E-state index contributed by atoms with van der Waals surface area (Å²) >= 11 is 5.81. The molecule has 0 bridgehead atoms. The Morgan fingerprint density at radius 2 is 1.44 bits per heavy atom. The van der Waals surface area contributed by atoms with Gasteiger partial charge < -0.3 is 36.4 Å². The first kappa shape index (κ1) is 38.0. The van der Waals surface area contributed by atoms with Crippen LogP contribution in [0.1, 0.15) is 70.2 Å². The van der Waals surface area contributed by atoms with E-state index in [1.54, 1.807) is 0 Å². The van der Waals surface area contributed by atoms with Gasteiger partial charge in [0.25, 0.3) is 5.91 Å². The van der Waals surface area contributed by atoms with Crippen molar-refractivity contribution in [1.29, 1.82) is 0 Å². The van der Waals surface area contributed by atoms with Crippen molar-refractivity contribution in [2.45, 2.75) is 84.2 Å². The van der Waals surface area contributed by atoms with Crippen molar-refractivity contribution < 1.29 is 44.4 Å². The first-order valence-electron chi connectivity index (χ1n) is 12.9. The maximum atomic E-state index is 13.7. The van der Waals surface area contributed by atoms with E-state index in [0.29, 0.717) is 28.5 Å². The van der Waals surface area contributed by atoms with Gasteiger partial charge in [0.2, 0.25) is 11.8 Å². The molecule has 3 amide bonds. The van der Waals surface area contributed by atoms with E-state index < -0.39 is 60.8 Å². The maximum absolute atomic E-state index is 13.7. The third kappa shape index (κ3) is 11.2. The number of benzene rings is 1. The monoisotopic (exact) mass is 915 g/mol. The van der Waals surface area contributed by atoms with E-state index in [1.807, 2.05) is 88.5 Å². The fourth-order valence-electron chi connectivity index (χ4n) is 3.68. The average Bonchev–Trinajstić information content (AvgIpc) is 2.90. The van der Waals surface area contributed by atoms with Crippen LogP contribution in [0.3, 0.4) is 0 Å². The fourth-order valence-corrected chi connectivity index (χ4v) is 7.87. The molecule has 1 aromatic rings. The number of carbonyl (C=O) groups excluding carboxylic acids is 5. The molecule has 12 nitrogen and oxygen atoms in total. The molecule has 41 heavy (non-hydrogen) atoms. The van der Waals surface area contributed by atoms with E-state index in [4.69, 9.17) is 5.11 Å². The SMILES string of the molecule is CCCCC(=O)Nc1c(I)c(NC(C)=O)c(I)c(C(=O)N[C@@H](CC(C)C)C(=O)CC(=O)[C@@H](O)[C@H](O)C(O)CO)c1I. The number of aliphatic hydroxyl groups is 4. The molecule has 0 aromatic heterocycles. The second-order valence-electron chi connectivity index (χ2n) is 9.85. The number of rotatable bonds is 16. The van der Waals surface area contributed by atoms with E-state index in [9.17, 15) is 39.3 Å². The predicted octanol–water partition coefficient (Wildman–Crippen LogP) is 2.34. The van der Waals surface area contributed by atoms with Crippen molar-refractivity contribution in [3.63, 3.8) is 0 Å². The number of amides is 3. The van der Waals surface area contributed by atoms with Gasteiger partial charge >= 0.3 is 0 Å². The molecule has 0 saturated heterocycles. The molecule has 1 unspecified atom stereocenters. The molecule has 230 valence electrons. The molecule has 1 rings (SSSR count). The molecule has 15 heteroatoms. The Balaban J connectivity index is 3.44. The third-order valence-electron chi connectivity index (χ3n) is 5.85. The number of carbonyl (C=O) groups is 5. The van der Waals surface area contributed by atoms with Gasteiger partial charge in [-0.25, -0.2) is 0 Å². The number of halogens is 3. The Morgan fingerprint density at radius 3 is 1.93 bits per heavy atom. The van der Waals surface area contributed by atoms with Crippen molar-refractivity contribution >= 4 is 108 Å². The number of Topliss-reactive ketones (excluding diaryl/α,β-unsaturated/α-hetero) is 2. The zero-order valence-electron chi connectivity index (χ0n) is 23.1. The number of hydrogen-bond donors (Lipinski definition) is 7. The molecule has 1 aromatic carbocycles. The molecular formula is C26H36I3N3O9. The zero-order valence-corrected chi connectivity index (χ0v) is 29.6. The molecule has 0 saturated carbocycles. The summed E-state index contributed by atoms with van der Waals surface area (Å²) in [7, 11) is 0. The summed E-state index contributed by atoms with van der Waals surface area (Å²) in [5, 5.41) is 46.5. The lowest BCUT2D eigenvalue weighted by Gasteiger charge is -2.24. The summed E-state index contributed by atoms with van der Waals surface area (Å²) in [4.78, 5) is 63.8. The Morgan fingerprint density at radius 1 is 0.878 bits per heavy atom. The van der Waals surface area contributed by atoms with Crippen LogP contribution in [0.5, 0.6) is 0 Å². The Hall–Kier alpha value is -1.00. The van der Waals surface area contributed by atoms with Crippen molar-refractivity contribution in [2.24, 2.45) is 5.92 Å². The van der Waals surface area contributed by atoms with Crippen LogP contribution in [0, 0.1) is 16.6 Å². The summed E-state index contributed by atoms with van der Waals surface area (Å²) < 4.78 is 1.28. The van der Waals surface area contributed by atoms with Crippen LogP contribution in [0.25, 0.3) is 0 Å². The van der Waals surface area contributed by atoms with Crippen LogP contribution in [-0.2, 0) is 19.2 Å². The number of anilines is 2. The largest absolute Gasteiger partial charge is 0.394 e. The van der Waals surface area contributed by atoms with Crippen LogP contribution in [0.2, 0.25) is 0 Å². The molecule has 4 atom stereocenters. The molecule has 0 aliphatic rings. The highest BCUT2D eigenvalue weighted by atomic mass is 127. The van der Waals surface area contributed by atoms with Crippen LogP contribution >= 0.6 is 67.8 Å². The van der Waals surface area contributed by atoms with Crippen LogP contribution in [0.4, 0.5) is 11.4 Å². The minimum Gasteiger partial charge on any atom is -0.394 e. The average molecular weight is 915 g/mol. The van der Waals surface area contributed by atoms with E-state index in [2.05, 4.69) is 16.0 Å². The van der Waals surface area contributed by atoms with Crippen molar-refractivity contribution in [1.82, 2.24) is 5.32 Å². The zero-order chi connectivity index (χ0) is 31.6. The van der Waals surface area contributed by atoms with Gasteiger partial charge in [0, 0.05) is 13.3 Å². The van der Waals surface area contributed by atoms with Gasteiger partial charge in [0.1, 0.15) is 18.3 Å². The molecule has 7 N–H and O–H groups in total. The smallest absolute Gasteiger partial charge is 0.254 e. The molecule has 0 radical (unpaired) electrons. The molecule has 0 spiro atoms. The van der Waals surface area contributed by atoms with Gasteiger partial charge in [-0.05, 0) is 86.5 Å². The predicted molar refractivity (Wildman–Crippen MR) is 177 cm³/mol. The number of nitrogens with one attached hydrogen (secondary N) is 3. The number of ketones is 2. The summed E-state index contributed by atoms with van der Waals surface area (Å²) in [6, 6.07) is -1.16. The second-order valence-corrected chi connectivity index (χ2v) is 13.1. The summed E-state index contributed by atoms with van der Waals surface area (Å²) in [6.07, 6.45) is -4.85. The van der Waals surface area contributed by atoms with E-state index in [1.165, 1.54) is 6.92 Å². The van der Waals surface area contributed by atoms with Crippen LogP contribution in [-0.4, -0.2) is 80.7 Å². The fraction of sp³-hybridized carbons (Fsp3) is 0.577. The van der Waals surface area contributed by atoms with Crippen molar-refractivity contribution in [3.8, 4) is 0 Å². The van der Waals surface area contributed by atoms with Gasteiger partial charge in [-0.2, -0.15) is 0 Å². The summed E-state index contributed by atoms with van der Waals surface area (Å²) in [5.74, 6) is -3.25. The normalized spacial score (nSPS) is 14.1. The van der Waals surface area contributed by atoms with E-state index in [-0.39, 0.29) is 30.2 Å². The first-order chi connectivity index (χ1) is 19.1. The maximum Gasteiger partial charge on any atom is 0.254 e. The lowest BCUT2D eigenvalue weighted by Crippen LogP contribution is -2.47. The molecule has 0 aliphatic carbocycles. The van der Waals surface area contributed by atoms with Crippen molar-refractivity contribution in [3.05, 3.63) is 16.3 Å². The highest BCUT2D eigenvalue weighted by Gasteiger charge is 2.34. The number of hydrogen-bond acceptors (Lipinski definition) is 9. The summed E-state index contributed by atoms with van der Waals surface area (Å²) in [5.41, 5.74) is 0.759. The highest BCUT2D eigenvalue weighted by molar-refractivity contribution is 14.1. The van der Waals surface area contributed by atoms with Gasteiger partial charge in [0.05, 0.1) is 46.7 Å². The topological polar surface area (TPSA) is 202 Å².